The number of fused-ring (bicyclic) bond motifs is 1. The van der Waals surface area contributed by atoms with Crippen LogP contribution in [0.15, 0.2) is 0 Å². The summed E-state index contributed by atoms with van der Waals surface area (Å²) in [5.41, 5.74) is 0. The van der Waals surface area contributed by atoms with Crippen molar-refractivity contribution < 1.29 is 23.7 Å². The van der Waals surface area contributed by atoms with Crippen LogP contribution >= 0.6 is 0 Å². The number of rotatable bonds is 4. The number of carbonyl (C=O) groups excluding carboxylic acids is 1. The second-order valence-corrected chi connectivity index (χ2v) is 3.89. The second kappa shape index (κ2) is 4.57. The maximum Gasteiger partial charge on any atom is 0.148 e. The zero-order valence-electron chi connectivity index (χ0n) is 8.92. The Hall–Kier alpha value is -0.490. The molecule has 0 saturated carbocycles. The van der Waals surface area contributed by atoms with E-state index in [1.165, 1.54) is 0 Å². The molecular formula is C10H16O5. The van der Waals surface area contributed by atoms with E-state index in [1.54, 1.807) is 14.0 Å². The zero-order chi connectivity index (χ0) is 10.8. The summed E-state index contributed by atoms with van der Waals surface area (Å²) in [4.78, 5) is 10.5. The van der Waals surface area contributed by atoms with Gasteiger partial charge >= 0.3 is 0 Å². The minimum atomic E-state index is -0.414. The van der Waals surface area contributed by atoms with Crippen molar-refractivity contribution in [1.29, 1.82) is 0 Å². The van der Waals surface area contributed by atoms with Gasteiger partial charge in [-0.3, -0.25) is 0 Å². The molecule has 5 atom stereocenters. The fourth-order valence-corrected chi connectivity index (χ4v) is 2.06. The van der Waals surface area contributed by atoms with Crippen LogP contribution in [0.25, 0.3) is 0 Å². The van der Waals surface area contributed by atoms with Gasteiger partial charge in [-0.2, -0.15) is 0 Å². The summed E-state index contributed by atoms with van der Waals surface area (Å²) in [5.74, 6) is 0. The van der Waals surface area contributed by atoms with Crippen molar-refractivity contribution in [3.05, 3.63) is 0 Å². The molecular weight excluding hydrogens is 200 g/mol. The van der Waals surface area contributed by atoms with Crippen LogP contribution in [0.3, 0.4) is 0 Å². The molecule has 2 saturated heterocycles. The van der Waals surface area contributed by atoms with Gasteiger partial charge in [0.25, 0.3) is 0 Å². The molecule has 0 aromatic rings. The molecule has 2 rings (SSSR count). The minimum Gasteiger partial charge on any atom is -0.376 e. The van der Waals surface area contributed by atoms with Crippen molar-refractivity contribution in [2.45, 2.75) is 37.4 Å². The monoisotopic (exact) mass is 216 g/mol. The summed E-state index contributed by atoms with van der Waals surface area (Å²) in [7, 11) is 1.64. The first kappa shape index (κ1) is 11.0. The predicted molar refractivity (Wildman–Crippen MR) is 50.7 cm³/mol. The average molecular weight is 216 g/mol. The van der Waals surface area contributed by atoms with E-state index in [4.69, 9.17) is 18.9 Å². The van der Waals surface area contributed by atoms with Gasteiger partial charge in [0.15, 0.2) is 0 Å². The Morgan fingerprint density at radius 3 is 2.47 bits per heavy atom. The van der Waals surface area contributed by atoms with Gasteiger partial charge in [-0.1, -0.05) is 0 Å². The third-order valence-electron chi connectivity index (χ3n) is 2.85. The van der Waals surface area contributed by atoms with Crippen molar-refractivity contribution in [3.8, 4) is 0 Å². The molecule has 15 heavy (non-hydrogen) atoms. The molecule has 1 unspecified atom stereocenters. The Morgan fingerprint density at radius 1 is 1.27 bits per heavy atom. The van der Waals surface area contributed by atoms with Gasteiger partial charge in [-0.15, -0.1) is 0 Å². The fraction of sp³-hybridized carbons (Fsp3) is 0.900. The Balaban J connectivity index is 1.92. The van der Waals surface area contributed by atoms with Crippen molar-refractivity contribution in [2.75, 3.05) is 20.3 Å². The highest BCUT2D eigenvalue weighted by Gasteiger charge is 2.48. The standard InChI is InChI=1S/C10H16O5/c1-6(3-11)15-8-5-14-9-7(12-2)4-13-10(8)9/h3,6-10H,4-5H2,1-2H3/t6?,7-,8-,9-,10-/m1/s1. The van der Waals surface area contributed by atoms with Crippen LogP contribution in [-0.2, 0) is 23.7 Å². The van der Waals surface area contributed by atoms with E-state index in [1.807, 2.05) is 0 Å². The summed E-state index contributed by atoms with van der Waals surface area (Å²) < 4.78 is 21.8. The maximum atomic E-state index is 10.5. The number of hydrogen-bond donors (Lipinski definition) is 0. The smallest absolute Gasteiger partial charge is 0.148 e. The van der Waals surface area contributed by atoms with Crippen LogP contribution in [0, 0.1) is 0 Å². The van der Waals surface area contributed by atoms with Gasteiger partial charge in [-0.05, 0) is 6.92 Å². The Kier molecular flexibility index (Phi) is 3.35. The summed E-state index contributed by atoms with van der Waals surface area (Å²) in [6.45, 7) is 2.71. The van der Waals surface area contributed by atoms with Crippen LogP contribution in [0.5, 0.6) is 0 Å². The lowest BCUT2D eigenvalue weighted by Gasteiger charge is -2.18. The van der Waals surface area contributed by atoms with E-state index in [9.17, 15) is 4.79 Å². The fourth-order valence-electron chi connectivity index (χ4n) is 2.06. The predicted octanol–water partition coefficient (Wildman–Crippen LogP) is -0.228. The van der Waals surface area contributed by atoms with E-state index >= 15 is 0 Å². The molecule has 0 aromatic carbocycles. The highest BCUT2D eigenvalue weighted by molar-refractivity contribution is 5.55. The molecule has 0 amide bonds. The second-order valence-electron chi connectivity index (χ2n) is 3.89. The van der Waals surface area contributed by atoms with E-state index in [0.717, 1.165) is 6.29 Å². The van der Waals surface area contributed by atoms with Crippen molar-refractivity contribution in [2.24, 2.45) is 0 Å². The van der Waals surface area contributed by atoms with Gasteiger partial charge in [0.2, 0.25) is 0 Å². The molecule has 5 nitrogen and oxygen atoms in total. The van der Waals surface area contributed by atoms with Gasteiger partial charge in [0.1, 0.15) is 36.8 Å². The van der Waals surface area contributed by atoms with Crippen LogP contribution in [0.2, 0.25) is 0 Å². The third-order valence-corrected chi connectivity index (χ3v) is 2.85. The van der Waals surface area contributed by atoms with Crippen LogP contribution < -0.4 is 0 Å². The van der Waals surface area contributed by atoms with Gasteiger partial charge < -0.3 is 23.7 Å². The molecule has 0 bridgehead atoms. The molecule has 0 radical (unpaired) electrons. The first-order valence-corrected chi connectivity index (χ1v) is 5.13. The molecule has 2 aliphatic heterocycles. The number of carbonyl (C=O) groups is 1. The first-order valence-electron chi connectivity index (χ1n) is 5.13. The van der Waals surface area contributed by atoms with Crippen molar-refractivity contribution in [1.82, 2.24) is 0 Å². The van der Waals surface area contributed by atoms with Crippen molar-refractivity contribution in [3.63, 3.8) is 0 Å². The maximum absolute atomic E-state index is 10.5. The van der Waals surface area contributed by atoms with Crippen LogP contribution in [0.4, 0.5) is 0 Å². The van der Waals surface area contributed by atoms with E-state index in [0.29, 0.717) is 13.2 Å². The van der Waals surface area contributed by atoms with E-state index in [2.05, 4.69) is 0 Å². The molecule has 2 aliphatic rings. The first-order chi connectivity index (χ1) is 7.26. The number of hydrogen-bond acceptors (Lipinski definition) is 5. The summed E-state index contributed by atoms with van der Waals surface area (Å²) >= 11 is 0. The highest BCUT2D eigenvalue weighted by atomic mass is 16.6. The molecule has 0 aliphatic carbocycles. The number of aldehydes is 1. The van der Waals surface area contributed by atoms with E-state index in [-0.39, 0.29) is 24.4 Å². The summed E-state index contributed by atoms with van der Waals surface area (Å²) in [6.07, 6.45) is 0.0278. The lowest BCUT2D eigenvalue weighted by Crippen LogP contribution is -2.35. The molecule has 0 aromatic heterocycles. The van der Waals surface area contributed by atoms with Crippen molar-refractivity contribution >= 4 is 6.29 Å². The molecule has 0 N–H and O–H groups in total. The van der Waals surface area contributed by atoms with Crippen LogP contribution in [-0.4, -0.2) is 57.1 Å². The number of methoxy groups -OCH3 is 1. The third kappa shape index (κ3) is 2.06. The lowest BCUT2D eigenvalue weighted by atomic mass is 10.1. The molecule has 5 heteroatoms. The Morgan fingerprint density at radius 2 is 1.87 bits per heavy atom. The summed E-state index contributed by atoms with van der Waals surface area (Å²) in [5, 5.41) is 0. The Bertz CT molecular complexity index is 232. The number of ether oxygens (including phenoxy) is 4. The average Bonchev–Trinajstić information content (AvgIpc) is 2.80. The molecule has 86 valence electrons. The SMILES string of the molecule is CO[C@@H]1CO[C@H]2[C@@H]1OC[C@H]2OC(C)C=O. The molecule has 2 fully saturated rings. The van der Waals surface area contributed by atoms with Crippen LogP contribution in [0.1, 0.15) is 6.92 Å². The lowest BCUT2D eigenvalue weighted by molar-refractivity contribution is -0.125. The topological polar surface area (TPSA) is 54.0 Å². The molecule has 0 spiro atoms. The van der Waals surface area contributed by atoms with Gasteiger partial charge in [-0.25, -0.2) is 0 Å². The largest absolute Gasteiger partial charge is 0.376 e. The van der Waals surface area contributed by atoms with Gasteiger partial charge in [0, 0.05) is 7.11 Å². The molecule has 2 heterocycles. The highest BCUT2D eigenvalue weighted by Crippen LogP contribution is 2.30. The zero-order valence-corrected chi connectivity index (χ0v) is 8.92. The van der Waals surface area contributed by atoms with Gasteiger partial charge in [0.05, 0.1) is 13.2 Å². The minimum absolute atomic E-state index is 0.0184. The Labute approximate surface area is 88.6 Å². The normalized spacial score (nSPS) is 41.5. The summed E-state index contributed by atoms with van der Waals surface area (Å²) in [6, 6.07) is 0. The quantitative estimate of drug-likeness (QED) is 0.608. The van der Waals surface area contributed by atoms with E-state index < -0.39 is 6.10 Å².